The number of aromatic nitrogens is 1. The highest BCUT2D eigenvalue weighted by atomic mass is 32.1. The lowest BCUT2D eigenvalue weighted by atomic mass is 9.98. The molecule has 0 saturated carbocycles. The number of thiazole rings is 1. The van der Waals surface area contributed by atoms with Crippen LogP contribution < -0.4 is 10.6 Å². The lowest BCUT2D eigenvalue weighted by Gasteiger charge is -2.14. The maximum atomic E-state index is 12.6. The van der Waals surface area contributed by atoms with Gasteiger partial charge in [-0.15, -0.1) is 6.58 Å². The van der Waals surface area contributed by atoms with Gasteiger partial charge in [0.1, 0.15) is 17.5 Å². The third kappa shape index (κ3) is 5.25. The van der Waals surface area contributed by atoms with Crippen LogP contribution in [0.15, 0.2) is 61.2 Å². The predicted octanol–water partition coefficient (Wildman–Crippen LogP) is 4.96. The van der Waals surface area contributed by atoms with E-state index < -0.39 is 24.0 Å². The van der Waals surface area contributed by atoms with E-state index in [0.29, 0.717) is 12.1 Å². The van der Waals surface area contributed by atoms with Crippen molar-refractivity contribution in [2.45, 2.75) is 31.7 Å². The van der Waals surface area contributed by atoms with Crippen LogP contribution in [-0.2, 0) is 9.53 Å². The van der Waals surface area contributed by atoms with E-state index in [1.165, 1.54) is 0 Å². The molecule has 180 valence electrons. The first kappa shape index (κ1) is 24.2. The molecule has 0 radical (unpaired) electrons. The van der Waals surface area contributed by atoms with Crippen molar-refractivity contribution in [2.75, 3.05) is 11.9 Å². The number of carbonyl (C=O) groups excluding carboxylic acids is 2. The van der Waals surface area contributed by atoms with Gasteiger partial charge in [-0.05, 0) is 42.0 Å². The smallest absolute Gasteiger partial charge is 0.413 e. The van der Waals surface area contributed by atoms with Crippen molar-refractivity contribution in [1.82, 2.24) is 10.3 Å². The summed E-state index contributed by atoms with van der Waals surface area (Å²) < 4.78 is 5.52. The summed E-state index contributed by atoms with van der Waals surface area (Å²) >= 11 is 0.961. The van der Waals surface area contributed by atoms with Crippen LogP contribution in [0.1, 0.15) is 45.3 Å². The molecule has 3 N–H and O–H groups in total. The van der Waals surface area contributed by atoms with E-state index in [1.807, 2.05) is 36.4 Å². The molecule has 0 fully saturated rings. The van der Waals surface area contributed by atoms with Crippen molar-refractivity contribution in [3.8, 4) is 11.1 Å². The molecule has 8 nitrogen and oxygen atoms in total. The van der Waals surface area contributed by atoms with Crippen molar-refractivity contribution in [3.05, 3.63) is 82.9 Å². The Hall–Kier alpha value is -3.98. The van der Waals surface area contributed by atoms with Crippen molar-refractivity contribution in [3.63, 3.8) is 0 Å². The Morgan fingerprint density at radius 1 is 1.14 bits per heavy atom. The number of carbonyl (C=O) groups is 3. The lowest BCUT2D eigenvalue weighted by Crippen LogP contribution is -2.40. The van der Waals surface area contributed by atoms with E-state index in [9.17, 15) is 19.5 Å². The summed E-state index contributed by atoms with van der Waals surface area (Å²) in [5.41, 5.74) is 4.87. The van der Waals surface area contributed by atoms with Gasteiger partial charge in [-0.1, -0.05) is 65.9 Å². The average Bonchev–Trinajstić information content (AvgIpc) is 3.37. The van der Waals surface area contributed by atoms with Crippen LogP contribution in [0.4, 0.5) is 9.93 Å². The number of ether oxygens (including phenoxy) is 1. The molecule has 0 bridgehead atoms. The SMILES string of the molecule is C=CCCC(NC(=O)c1sc(NC(=O)OCC2c3ccccc3-c3ccccc32)nc1C)C(=O)O. The zero-order chi connectivity index (χ0) is 24.9. The van der Waals surface area contributed by atoms with E-state index in [4.69, 9.17) is 4.74 Å². The second kappa shape index (κ2) is 10.5. The molecule has 2 amide bonds. The van der Waals surface area contributed by atoms with Gasteiger partial charge in [-0.2, -0.15) is 0 Å². The Bertz CT molecular complexity index is 1240. The number of benzene rings is 2. The van der Waals surface area contributed by atoms with Gasteiger partial charge in [-0.3, -0.25) is 10.1 Å². The molecular formula is C26H25N3O5S. The Morgan fingerprint density at radius 3 is 2.37 bits per heavy atom. The highest BCUT2D eigenvalue weighted by Gasteiger charge is 2.29. The average molecular weight is 492 g/mol. The number of nitrogens with one attached hydrogen (secondary N) is 2. The summed E-state index contributed by atoms with van der Waals surface area (Å²) in [7, 11) is 0. The maximum absolute atomic E-state index is 12.6. The fraction of sp³-hybridized carbons (Fsp3) is 0.231. The molecule has 1 aliphatic carbocycles. The third-order valence-electron chi connectivity index (χ3n) is 5.82. The van der Waals surface area contributed by atoms with E-state index >= 15 is 0 Å². The number of fused-ring (bicyclic) bond motifs is 3. The summed E-state index contributed by atoms with van der Waals surface area (Å²) in [6.45, 7) is 5.34. The predicted molar refractivity (Wildman–Crippen MR) is 134 cm³/mol. The molecular weight excluding hydrogens is 466 g/mol. The summed E-state index contributed by atoms with van der Waals surface area (Å²) in [5, 5.41) is 14.6. The van der Waals surface area contributed by atoms with Crippen LogP contribution in [0.2, 0.25) is 0 Å². The van der Waals surface area contributed by atoms with Crippen molar-refractivity contribution >= 4 is 34.4 Å². The molecule has 1 aliphatic rings. The molecule has 0 saturated heterocycles. The van der Waals surface area contributed by atoms with E-state index in [2.05, 4.69) is 34.3 Å². The molecule has 0 aliphatic heterocycles. The number of nitrogens with zero attached hydrogens (tertiary/aromatic N) is 1. The number of carboxylic acid groups (broad SMARTS) is 1. The van der Waals surface area contributed by atoms with Crippen molar-refractivity contribution in [2.24, 2.45) is 0 Å². The Labute approximate surface area is 206 Å². The Kier molecular flexibility index (Phi) is 7.26. The minimum absolute atomic E-state index is 0.0731. The van der Waals surface area contributed by atoms with Crippen LogP contribution in [0.3, 0.4) is 0 Å². The Morgan fingerprint density at radius 2 is 1.77 bits per heavy atom. The largest absolute Gasteiger partial charge is 0.480 e. The second-order valence-electron chi connectivity index (χ2n) is 8.11. The van der Waals surface area contributed by atoms with Gasteiger partial charge in [0.2, 0.25) is 0 Å². The van der Waals surface area contributed by atoms with Crippen LogP contribution in [0.25, 0.3) is 11.1 Å². The molecule has 1 heterocycles. The zero-order valence-corrected chi connectivity index (χ0v) is 19.9. The highest BCUT2D eigenvalue weighted by molar-refractivity contribution is 7.17. The van der Waals surface area contributed by atoms with E-state index in [0.717, 1.165) is 33.6 Å². The van der Waals surface area contributed by atoms with Crippen LogP contribution in [0, 0.1) is 6.92 Å². The summed E-state index contributed by atoms with van der Waals surface area (Å²) in [4.78, 5) is 41.0. The van der Waals surface area contributed by atoms with Gasteiger partial charge >= 0.3 is 12.1 Å². The van der Waals surface area contributed by atoms with Crippen molar-refractivity contribution in [1.29, 1.82) is 0 Å². The molecule has 1 unspecified atom stereocenters. The number of hydrogen-bond acceptors (Lipinski definition) is 6. The molecule has 9 heteroatoms. The lowest BCUT2D eigenvalue weighted by molar-refractivity contribution is -0.139. The number of aryl methyl sites for hydroxylation is 1. The van der Waals surface area contributed by atoms with Gasteiger partial charge in [0.05, 0.1) is 5.69 Å². The van der Waals surface area contributed by atoms with Gasteiger partial charge in [0.25, 0.3) is 5.91 Å². The first-order chi connectivity index (χ1) is 16.9. The minimum atomic E-state index is -1.13. The second-order valence-corrected chi connectivity index (χ2v) is 9.11. The van der Waals surface area contributed by atoms with Crippen LogP contribution in [0.5, 0.6) is 0 Å². The quantitative estimate of drug-likeness (QED) is 0.364. The number of hydrogen-bond donors (Lipinski definition) is 3. The molecule has 2 aromatic carbocycles. The highest BCUT2D eigenvalue weighted by Crippen LogP contribution is 2.44. The maximum Gasteiger partial charge on any atom is 0.413 e. The standard InChI is InChI=1S/C26H25N3O5S/c1-3-4-13-21(24(31)32)28-23(30)22-15(2)27-25(35-22)29-26(33)34-14-20-18-11-7-5-9-16(18)17-10-6-8-12-19(17)20/h3,5-12,20-21H,1,4,13-14H2,2H3,(H,28,30)(H,31,32)(H,27,29,33). The fourth-order valence-electron chi connectivity index (χ4n) is 4.15. The number of amides is 2. The molecule has 0 spiro atoms. The molecule has 1 aromatic heterocycles. The number of anilines is 1. The fourth-order valence-corrected chi connectivity index (χ4v) is 5.00. The van der Waals surface area contributed by atoms with E-state index in [1.54, 1.807) is 13.0 Å². The van der Waals surface area contributed by atoms with Gasteiger partial charge in [-0.25, -0.2) is 14.6 Å². The number of aliphatic carboxylic acids is 1. The zero-order valence-electron chi connectivity index (χ0n) is 19.1. The number of carboxylic acids is 1. The molecule has 1 atom stereocenters. The first-order valence-corrected chi connectivity index (χ1v) is 11.9. The van der Waals surface area contributed by atoms with Crippen LogP contribution in [-0.4, -0.2) is 40.7 Å². The topological polar surface area (TPSA) is 118 Å². The number of rotatable bonds is 9. The van der Waals surface area contributed by atoms with E-state index in [-0.39, 0.29) is 29.0 Å². The molecule has 35 heavy (non-hydrogen) atoms. The first-order valence-electron chi connectivity index (χ1n) is 11.1. The summed E-state index contributed by atoms with van der Waals surface area (Å²) in [6, 6.07) is 15.1. The molecule has 4 rings (SSSR count). The summed E-state index contributed by atoms with van der Waals surface area (Å²) in [6.07, 6.45) is 1.60. The normalized spacial score (nSPS) is 12.8. The number of allylic oxidation sites excluding steroid dienone is 1. The van der Waals surface area contributed by atoms with Crippen molar-refractivity contribution < 1.29 is 24.2 Å². The van der Waals surface area contributed by atoms with Crippen LogP contribution >= 0.6 is 11.3 Å². The Balaban J connectivity index is 1.39. The van der Waals surface area contributed by atoms with Gasteiger partial charge in [0, 0.05) is 5.92 Å². The minimum Gasteiger partial charge on any atom is -0.480 e. The summed E-state index contributed by atoms with van der Waals surface area (Å²) in [5.74, 6) is -1.76. The van der Waals surface area contributed by atoms with Gasteiger partial charge < -0.3 is 15.2 Å². The third-order valence-corrected chi connectivity index (χ3v) is 6.89. The van der Waals surface area contributed by atoms with Gasteiger partial charge in [0.15, 0.2) is 5.13 Å². The monoisotopic (exact) mass is 491 g/mol. The molecule has 3 aromatic rings.